The number of nitrogens with zero attached hydrogens (tertiary/aromatic N) is 4. The van der Waals surface area contributed by atoms with Gasteiger partial charge in [0.25, 0.3) is 5.91 Å². The lowest BCUT2D eigenvalue weighted by atomic mass is 10.2. The number of halogens is 1. The standard InChI is InChI=1S/C14H16BrN5O/c1-9(12-4-6-16-7-5-12)17-18-13(21)8-20-11(3)14(15)10(2)19-20/h4-7H,8H2,1-3H3,(H,18,21)/b17-9+. The van der Waals surface area contributed by atoms with Gasteiger partial charge in [-0.15, -0.1) is 0 Å². The average Bonchev–Trinajstić information content (AvgIpc) is 2.73. The van der Waals surface area contributed by atoms with Gasteiger partial charge in [0.2, 0.25) is 0 Å². The molecule has 0 fully saturated rings. The van der Waals surface area contributed by atoms with Crippen LogP contribution in [0.3, 0.4) is 0 Å². The van der Waals surface area contributed by atoms with Crippen LogP contribution in [0.4, 0.5) is 0 Å². The summed E-state index contributed by atoms with van der Waals surface area (Å²) >= 11 is 3.43. The number of aromatic nitrogens is 3. The fraction of sp³-hybridized carbons (Fsp3) is 0.286. The van der Waals surface area contributed by atoms with Crippen LogP contribution in [0.25, 0.3) is 0 Å². The van der Waals surface area contributed by atoms with Crippen LogP contribution in [-0.2, 0) is 11.3 Å². The number of amides is 1. The largest absolute Gasteiger partial charge is 0.271 e. The molecule has 1 amide bonds. The summed E-state index contributed by atoms with van der Waals surface area (Å²) in [7, 11) is 0. The molecule has 0 aliphatic rings. The van der Waals surface area contributed by atoms with Crippen molar-refractivity contribution in [3.8, 4) is 0 Å². The monoisotopic (exact) mass is 349 g/mol. The molecule has 0 aromatic carbocycles. The van der Waals surface area contributed by atoms with Crippen molar-refractivity contribution in [2.24, 2.45) is 5.10 Å². The molecule has 0 aliphatic carbocycles. The highest BCUT2D eigenvalue weighted by Crippen LogP contribution is 2.19. The Labute approximate surface area is 131 Å². The summed E-state index contributed by atoms with van der Waals surface area (Å²) in [6, 6.07) is 3.67. The van der Waals surface area contributed by atoms with Crippen LogP contribution in [0.1, 0.15) is 23.9 Å². The molecule has 0 saturated carbocycles. The SMILES string of the molecule is C/C(=N\NC(=O)Cn1nc(C)c(Br)c1C)c1ccncc1. The molecular weight excluding hydrogens is 334 g/mol. The molecule has 2 heterocycles. The maximum atomic E-state index is 11.9. The van der Waals surface area contributed by atoms with Crippen molar-refractivity contribution < 1.29 is 4.79 Å². The Balaban J connectivity index is 2.01. The Kier molecular flexibility index (Phi) is 4.85. The molecule has 0 bridgehead atoms. The zero-order valence-corrected chi connectivity index (χ0v) is 13.7. The van der Waals surface area contributed by atoms with E-state index < -0.39 is 0 Å². The van der Waals surface area contributed by atoms with Crippen molar-refractivity contribution in [1.29, 1.82) is 0 Å². The Hall–Kier alpha value is -2.02. The third kappa shape index (κ3) is 3.75. The molecule has 2 aromatic rings. The zero-order valence-electron chi connectivity index (χ0n) is 12.1. The normalized spacial score (nSPS) is 11.5. The summed E-state index contributed by atoms with van der Waals surface area (Å²) in [6.07, 6.45) is 3.37. The lowest BCUT2D eigenvalue weighted by Crippen LogP contribution is -2.25. The van der Waals surface area contributed by atoms with E-state index in [-0.39, 0.29) is 12.5 Å². The molecule has 7 heteroatoms. The molecule has 0 unspecified atom stereocenters. The summed E-state index contributed by atoms with van der Waals surface area (Å²) in [6.45, 7) is 5.75. The number of nitrogens with one attached hydrogen (secondary N) is 1. The minimum atomic E-state index is -0.221. The molecule has 6 nitrogen and oxygen atoms in total. The Bertz CT molecular complexity index is 678. The van der Waals surface area contributed by atoms with Crippen molar-refractivity contribution in [1.82, 2.24) is 20.2 Å². The number of carbonyl (C=O) groups excluding carboxylic acids is 1. The number of rotatable bonds is 4. The third-order valence-corrected chi connectivity index (χ3v) is 4.18. The average molecular weight is 350 g/mol. The summed E-state index contributed by atoms with van der Waals surface area (Å²) in [5.41, 5.74) is 5.95. The maximum absolute atomic E-state index is 11.9. The van der Waals surface area contributed by atoms with Crippen LogP contribution in [0.5, 0.6) is 0 Å². The van der Waals surface area contributed by atoms with Gasteiger partial charge in [0.15, 0.2) is 0 Å². The number of carbonyl (C=O) groups is 1. The molecule has 21 heavy (non-hydrogen) atoms. The van der Waals surface area contributed by atoms with E-state index in [1.54, 1.807) is 17.1 Å². The van der Waals surface area contributed by atoms with Gasteiger partial charge in [-0.3, -0.25) is 14.5 Å². The van der Waals surface area contributed by atoms with Crippen LogP contribution in [0, 0.1) is 13.8 Å². The number of pyridine rings is 1. The zero-order chi connectivity index (χ0) is 15.4. The first-order valence-electron chi connectivity index (χ1n) is 6.42. The molecule has 1 N–H and O–H groups in total. The van der Waals surface area contributed by atoms with Gasteiger partial charge < -0.3 is 0 Å². The van der Waals surface area contributed by atoms with Crippen molar-refractivity contribution >= 4 is 27.5 Å². The van der Waals surface area contributed by atoms with E-state index in [0.29, 0.717) is 0 Å². The highest BCUT2D eigenvalue weighted by Gasteiger charge is 2.11. The second-order valence-electron chi connectivity index (χ2n) is 4.61. The second-order valence-corrected chi connectivity index (χ2v) is 5.40. The van der Waals surface area contributed by atoms with Gasteiger partial charge in [-0.1, -0.05) is 0 Å². The fourth-order valence-corrected chi connectivity index (χ4v) is 2.09. The topological polar surface area (TPSA) is 72.2 Å². The van der Waals surface area contributed by atoms with Gasteiger partial charge in [-0.2, -0.15) is 10.2 Å². The van der Waals surface area contributed by atoms with E-state index in [0.717, 1.165) is 27.1 Å². The van der Waals surface area contributed by atoms with Crippen molar-refractivity contribution in [3.63, 3.8) is 0 Å². The molecular formula is C14H16BrN5O. The molecule has 110 valence electrons. The van der Waals surface area contributed by atoms with Crippen LogP contribution in [0.15, 0.2) is 34.1 Å². The minimum Gasteiger partial charge on any atom is -0.271 e. The first-order chi connectivity index (χ1) is 9.99. The molecule has 2 rings (SSSR count). The van der Waals surface area contributed by atoms with Crippen molar-refractivity contribution in [3.05, 3.63) is 46.0 Å². The highest BCUT2D eigenvalue weighted by molar-refractivity contribution is 9.10. The number of aryl methyl sites for hydroxylation is 1. The van der Waals surface area contributed by atoms with Gasteiger partial charge in [0.05, 0.1) is 21.6 Å². The van der Waals surface area contributed by atoms with Gasteiger partial charge in [0, 0.05) is 18.0 Å². The Morgan fingerprint density at radius 2 is 2.05 bits per heavy atom. The smallest absolute Gasteiger partial charge is 0.261 e. The second kappa shape index (κ2) is 6.62. The van der Waals surface area contributed by atoms with E-state index in [4.69, 9.17) is 0 Å². The molecule has 0 atom stereocenters. The summed E-state index contributed by atoms with van der Waals surface area (Å²) in [5, 5.41) is 8.37. The number of hydrogen-bond acceptors (Lipinski definition) is 4. The van der Waals surface area contributed by atoms with Crippen LogP contribution >= 0.6 is 15.9 Å². The van der Waals surface area contributed by atoms with Crippen LogP contribution < -0.4 is 5.43 Å². The van der Waals surface area contributed by atoms with Gasteiger partial charge in [-0.25, -0.2) is 5.43 Å². The molecule has 2 aromatic heterocycles. The molecule has 0 spiro atoms. The molecule has 0 radical (unpaired) electrons. The first-order valence-corrected chi connectivity index (χ1v) is 7.21. The van der Waals surface area contributed by atoms with Crippen LogP contribution in [-0.4, -0.2) is 26.4 Å². The fourth-order valence-electron chi connectivity index (χ4n) is 1.80. The lowest BCUT2D eigenvalue weighted by Gasteiger charge is -2.04. The quantitative estimate of drug-likeness (QED) is 0.679. The van der Waals surface area contributed by atoms with Crippen LogP contribution in [0.2, 0.25) is 0 Å². The van der Waals surface area contributed by atoms with E-state index in [1.165, 1.54) is 0 Å². The number of hydrazone groups is 1. The van der Waals surface area contributed by atoms with Crippen molar-refractivity contribution in [2.45, 2.75) is 27.3 Å². The van der Waals surface area contributed by atoms with Crippen molar-refractivity contribution in [2.75, 3.05) is 0 Å². The van der Waals surface area contributed by atoms with Gasteiger partial charge >= 0.3 is 0 Å². The molecule has 0 aliphatic heterocycles. The molecule has 0 saturated heterocycles. The Morgan fingerprint density at radius 3 is 2.62 bits per heavy atom. The van der Waals surface area contributed by atoms with Gasteiger partial charge in [-0.05, 0) is 48.8 Å². The first kappa shape index (κ1) is 15.4. The Morgan fingerprint density at radius 1 is 1.38 bits per heavy atom. The number of hydrogen-bond donors (Lipinski definition) is 1. The predicted molar refractivity (Wildman–Crippen MR) is 84.0 cm³/mol. The minimum absolute atomic E-state index is 0.130. The van der Waals surface area contributed by atoms with Gasteiger partial charge in [0.1, 0.15) is 6.54 Å². The lowest BCUT2D eigenvalue weighted by molar-refractivity contribution is -0.121. The summed E-state index contributed by atoms with van der Waals surface area (Å²) in [4.78, 5) is 15.9. The summed E-state index contributed by atoms with van der Waals surface area (Å²) < 4.78 is 2.57. The van der Waals surface area contributed by atoms with E-state index in [1.807, 2.05) is 32.9 Å². The summed E-state index contributed by atoms with van der Waals surface area (Å²) in [5.74, 6) is -0.221. The van der Waals surface area contributed by atoms with E-state index in [2.05, 4.69) is 36.5 Å². The van der Waals surface area contributed by atoms with E-state index in [9.17, 15) is 4.79 Å². The predicted octanol–water partition coefficient (Wildman–Crippen LogP) is 2.20. The third-order valence-electron chi connectivity index (χ3n) is 3.03. The highest BCUT2D eigenvalue weighted by atomic mass is 79.9. The maximum Gasteiger partial charge on any atom is 0.261 e. The van der Waals surface area contributed by atoms with E-state index >= 15 is 0 Å².